The van der Waals surface area contributed by atoms with Crippen LogP contribution in [-0.2, 0) is 27.5 Å². The number of hydrogen-bond donors (Lipinski definition) is 1. The second kappa shape index (κ2) is 5.34. The molecule has 1 atom stereocenters. The molecule has 0 bridgehead atoms. The lowest BCUT2D eigenvalue weighted by Crippen LogP contribution is -2.27. The first kappa shape index (κ1) is 15.2. The molecule has 2 aromatic rings. The van der Waals surface area contributed by atoms with E-state index in [9.17, 15) is 13.2 Å². The molecule has 0 aliphatic carbocycles. The Morgan fingerprint density at radius 3 is 2.54 bits per heavy atom. The van der Waals surface area contributed by atoms with Crippen molar-refractivity contribution in [3.8, 4) is 16.9 Å². The number of carboxylic acids is 1. The summed E-state index contributed by atoms with van der Waals surface area (Å²) in [5.74, 6) is -0.490. The Hall–Kier alpha value is -2.34. The molecule has 2 heterocycles. The number of hydrogen-bond acceptors (Lipinski definition) is 4. The molecular weight excluding hydrogens is 328 g/mol. The van der Waals surface area contributed by atoms with E-state index in [1.54, 1.807) is 6.07 Å². The van der Waals surface area contributed by atoms with E-state index in [0.29, 0.717) is 17.7 Å². The van der Waals surface area contributed by atoms with Crippen LogP contribution in [0.3, 0.4) is 0 Å². The zero-order valence-electron chi connectivity index (χ0n) is 12.9. The first-order valence-electron chi connectivity index (χ1n) is 7.79. The lowest BCUT2D eigenvalue weighted by Gasteiger charge is -2.23. The second-order valence-electron chi connectivity index (χ2n) is 6.26. The first-order valence-corrected chi connectivity index (χ1v) is 9.44. The van der Waals surface area contributed by atoms with Crippen LogP contribution in [0.2, 0.25) is 0 Å². The zero-order chi connectivity index (χ0) is 16.9. The van der Waals surface area contributed by atoms with E-state index < -0.39 is 21.7 Å². The summed E-state index contributed by atoms with van der Waals surface area (Å²) in [7, 11) is -3.12. The van der Waals surface area contributed by atoms with E-state index in [1.165, 1.54) is 0 Å². The van der Waals surface area contributed by atoms with Crippen molar-refractivity contribution in [2.75, 3.05) is 12.4 Å². The molecule has 2 aliphatic rings. The highest BCUT2D eigenvalue weighted by Crippen LogP contribution is 2.34. The molecule has 2 aromatic carbocycles. The van der Waals surface area contributed by atoms with Crippen molar-refractivity contribution in [1.82, 2.24) is 0 Å². The van der Waals surface area contributed by atoms with E-state index in [2.05, 4.69) is 0 Å². The van der Waals surface area contributed by atoms with E-state index in [4.69, 9.17) is 9.84 Å². The van der Waals surface area contributed by atoms with E-state index in [-0.39, 0.29) is 12.4 Å². The van der Waals surface area contributed by atoms with Gasteiger partial charge in [-0.1, -0.05) is 12.1 Å². The van der Waals surface area contributed by atoms with Gasteiger partial charge in [0.2, 0.25) is 0 Å². The fourth-order valence-electron chi connectivity index (χ4n) is 3.34. The number of benzene rings is 2. The predicted octanol–water partition coefficient (Wildman–Crippen LogP) is 2.32. The van der Waals surface area contributed by atoms with Crippen molar-refractivity contribution in [3.63, 3.8) is 0 Å². The Morgan fingerprint density at radius 1 is 1.08 bits per heavy atom. The number of aryl methyl sites for hydroxylation is 1. The van der Waals surface area contributed by atoms with Gasteiger partial charge >= 0.3 is 5.97 Å². The van der Waals surface area contributed by atoms with Crippen LogP contribution in [0.4, 0.5) is 0 Å². The monoisotopic (exact) mass is 344 g/mol. The number of carbonyl (C=O) groups is 1. The van der Waals surface area contributed by atoms with Gasteiger partial charge in [-0.3, -0.25) is 4.79 Å². The molecule has 0 amide bonds. The maximum absolute atomic E-state index is 11.9. The minimum Gasteiger partial charge on any atom is -0.492 e. The van der Waals surface area contributed by atoms with E-state index in [1.807, 2.05) is 30.3 Å². The molecule has 1 unspecified atom stereocenters. The average Bonchev–Trinajstić information content (AvgIpc) is 2.88. The Balaban J connectivity index is 1.71. The quantitative estimate of drug-likeness (QED) is 0.904. The SMILES string of the molecule is O=C(O)C1COc2ccc(-c3ccc4c(c3)CCS4(=O)=O)cc2C1. The first-order chi connectivity index (χ1) is 11.4. The second-order valence-corrected chi connectivity index (χ2v) is 8.34. The Morgan fingerprint density at radius 2 is 1.79 bits per heavy atom. The largest absolute Gasteiger partial charge is 0.492 e. The van der Waals surface area contributed by atoms with E-state index >= 15 is 0 Å². The zero-order valence-corrected chi connectivity index (χ0v) is 13.7. The summed E-state index contributed by atoms with van der Waals surface area (Å²) in [5, 5.41) is 9.17. The standard InChI is InChI=1S/C18H16O5S/c19-18(20)15-9-14-8-11(1-3-16(14)23-10-15)12-2-4-17-13(7-12)5-6-24(17,21)22/h1-4,7-8,15H,5-6,9-10H2,(H,19,20). The molecule has 24 heavy (non-hydrogen) atoms. The van der Waals surface area contributed by atoms with Gasteiger partial charge in [-0.2, -0.15) is 0 Å². The third-order valence-electron chi connectivity index (χ3n) is 4.69. The average molecular weight is 344 g/mol. The highest BCUT2D eigenvalue weighted by Gasteiger charge is 2.27. The van der Waals surface area contributed by atoms with Crippen LogP contribution in [0.25, 0.3) is 11.1 Å². The highest BCUT2D eigenvalue weighted by atomic mass is 32.2. The van der Waals surface area contributed by atoms with Gasteiger partial charge in [0.05, 0.1) is 16.6 Å². The fraction of sp³-hybridized carbons (Fsp3) is 0.278. The van der Waals surface area contributed by atoms with Crippen LogP contribution in [0.1, 0.15) is 11.1 Å². The summed E-state index contributed by atoms with van der Waals surface area (Å²) in [5.41, 5.74) is 3.60. The summed E-state index contributed by atoms with van der Waals surface area (Å²) in [6.07, 6.45) is 0.985. The molecule has 0 saturated heterocycles. The Kier molecular flexibility index (Phi) is 3.38. The van der Waals surface area contributed by atoms with Gasteiger partial charge in [0.1, 0.15) is 12.4 Å². The van der Waals surface area contributed by atoms with Gasteiger partial charge in [-0.05, 0) is 59.4 Å². The molecule has 0 aromatic heterocycles. The maximum Gasteiger partial charge on any atom is 0.310 e. The lowest BCUT2D eigenvalue weighted by molar-refractivity contribution is -0.143. The van der Waals surface area contributed by atoms with Gasteiger partial charge in [0.15, 0.2) is 9.84 Å². The van der Waals surface area contributed by atoms with Crippen molar-refractivity contribution in [2.45, 2.75) is 17.7 Å². The van der Waals surface area contributed by atoms with Crippen molar-refractivity contribution < 1.29 is 23.1 Å². The Bertz CT molecular complexity index is 946. The predicted molar refractivity (Wildman–Crippen MR) is 88.0 cm³/mol. The molecular formula is C18H16O5S. The summed E-state index contributed by atoms with van der Waals surface area (Å²) in [4.78, 5) is 11.6. The van der Waals surface area contributed by atoms with Crippen LogP contribution in [0, 0.1) is 5.92 Å². The van der Waals surface area contributed by atoms with E-state index in [0.717, 1.165) is 28.0 Å². The van der Waals surface area contributed by atoms with Crippen LogP contribution in [0.5, 0.6) is 5.75 Å². The number of aliphatic carboxylic acids is 1. The maximum atomic E-state index is 11.9. The number of carboxylic acid groups (broad SMARTS) is 1. The number of ether oxygens (including phenoxy) is 1. The van der Waals surface area contributed by atoms with Crippen LogP contribution < -0.4 is 4.74 Å². The van der Waals surface area contributed by atoms with Crippen molar-refractivity contribution in [3.05, 3.63) is 47.5 Å². The van der Waals surface area contributed by atoms with Gasteiger partial charge < -0.3 is 9.84 Å². The fourth-order valence-corrected chi connectivity index (χ4v) is 4.89. The van der Waals surface area contributed by atoms with Gasteiger partial charge in [-0.25, -0.2) is 8.42 Å². The van der Waals surface area contributed by atoms with Crippen LogP contribution in [-0.4, -0.2) is 31.9 Å². The normalized spacial score (nSPS) is 20.8. The number of sulfone groups is 1. The summed E-state index contributed by atoms with van der Waals surface area (Å²) in [6.45, 7) is 0.193. The third-order valence-corrected chi connectivity index (χ3v) is 6.50. The topological polar surface area (TPSA) is 80.7 Å². The van der Waals surface area contributed by atoms with Crippen molar-refractivity contribution in [1.29, 1.82) is 0 Å². The summed E-state index contributed by atoms with van der Waals surface area (Å²) < 4.78 is 29.4. The number of fused-ring (bicyclic) bond motifs is 2. The molecule has 0 fully saturated rings. The molecule has 6 heteroatoms. The molecule has 0 radical (unpaired) electrons. The highest BCUT2D eigenvalue weighted by molar-refractivity contribution is 7.91. The minimum atomic E-state index is -3.12. The molecule has 4 rings (SSSR count). The van der Waals surface area contributed by atoms with Crippen LogP contribution in [0.15, 0.2) is 41.3 Å². The van der Waals surface area contributed by atoms with Gasteiger partial charge in [0.25, 0.3) is 0 Å². The Labute approximate surface area is 139 Å². The van der Waals surface area contributed by atoms with Crippen molar-refractivity contribution >= 4 is 15.8 Å². The molecule has 0 saturated carbocycles. The molecule has 0 spiro atoms. The summed E-state index contributed by atoms with van der Waals surface area (Å²) >= 11 is 0. The third kappa shape index (κ3) is 2.47. The smallest absolute Gasteiger partial charge is 0.310 e. The minimum absolute atomic E-state index is 0.171. The van der Waals surface area contributed by atoms with Gasteiger partial charge in [-0.15, -0.1) is 0 Å². The van der Waals surface area contributed by atoms with Crippen LogP contribution >= 0.6 is 0 Å². The molecule has 1 N–H and O–H groups in total. The molecule has 5 nitrogen and oxygen atoms in total. The van der Waals surface area contributed by atoms with Crippen molar-refractivity contribution in [2.24, 2.45) is 5.92 Å². The summed E-state index contributed by atoms with van der Waals surface area (Å²) in [6, 6.07) is 11.1. The molecule has 2 aliphatic heterocycles. The molecule has 124 valence electrons. The number of rotatable bonds is 2. The lowest BCUT2D eigenvalue weighted by atomic mass is 9.93. The van der Waals surface area contributed by atoms with Gasteiger partial charge in [0, 0.05) is 0 Å².